The molecule has 0 aliphatic heterocycles. The molecule has 0 amide bonds. The normalized spacial score (nSPS) is 10.7. The van der Waals surface area contributed by atoms with Gasteiger partial charge in [-0.3, -0.25) is 0 Å². The summed E-state index contributed by atoms with van der Waals surface area (Å²) in [6.07, 6.45) is 0. The monoisotopic (exact) mass is 350 g/mol. The van der Waals surface area contributed by atoms with Gasteiger partial charge in [-0.25, -0.2) is 0 Å². The molecule has 0 radical (unpaired) electrons. The molecule has 4 N–H and O–H groups in total. The van der Waals surface area contributed by atoms with Crippen molar-refractivity contribution in [1.29, 1.82) is 0 Å². The van der Waals surface area contributed by atoms with E-state index in [0.29, 0.717) is 0 Å². The van der Waals surface area contributed by atoms with Crippen molar-refractivity contribution in [3.05, 3.63) is 96.6 Å². The summed E-state index contributed by atoms with van der Waals surface area (Å²) < 4.78 is 0. The zero-order valence-corrected chi connectivity index (χ0v) is 15.3. The zero-order valence-electron chi connectivity index (χ0n) is 15.3. The lowest BCUT2D eigenvalue weighted by Crippen LogP contribution is -1.92. The molecular weight excluding hydrogens is 328 g/mol. The Kier molecular flexibility index (Phi) is 4.39. The highest BCUT2D eigenvalue weighted by Gasteiger charge is 2.10. The van der Waals surface area contributed by atoms with Crippen LogP contribution >= 0.6 is 0 Å². The van der Waals surface area contributed by atoms with Crippen molar-refractivity contribution >= 4 is 11.4 Å². The molecule has 0 aliphatic carbocycles. The first-order valence-corrected chi connectivity index (χ1v) is 9.04. The zero-order chi connectivity index (χ0) is 18.8. The molecule has 0 heterocycles. The molecule has 0 unspecified atom stereocenters. The van der Waals surface area contributed by atoms with E-state index in [1.54, 1.807) is 0 Å². The molecule has 27 heavy (non-hydrogen) atoms. The Hall–Kier alpha value is -3.52. The van der Waals surface area contributed by atoms with E-state index in [1.807, 2.05) is 30.3 Å². The second-order valence-electron chi connectivity index (χ2n) is 6.82. The minimum Gasteiger partial charge on any atom is -0.399 e. The Labute approximate surface area is 160 Å². The van der Waals surface area contributed by atoms with E-state index in [2.05, 4.69) is 67.6 Å². The van der Waals surface area contributed by atoms with E-state index in [1.165, 1.54) is 16.7 Å². The van der Waals surface area contributed by atoms with Crippen LogP contribution < -0.4 is 11.5 Å². The summed E-state index contributed by atoms with van der Waals surface area (Å²) in [5.74, 6) is 0. The van der Waals surface area contributed by atoms with Crippen LogP contribution in [0.1, 0.15) is 5.56 Å². The van der Waals surface area contributed by atoms with Crippen LogP contribution in [0.5, 0.6) is 0 Å². The standard InChI is InChI=1S/C25H22N2/c1-17-15-20(9-13-23(17)18-5-3-2-4-6-18)25-16-22(27)12-14-24(25)19-7-10-21(26)11-8-19/h2-16H,26-27H2,1H3. The minimum atomic E-state index is 0.758. The van der Waals surface area contributed by atoms with E-state index in [9.17, 15) is 0 Å². The van der Waals surface area contributed by atoms with Gasteiger partial charge in [0.05, 0.1) is 0 Å². The maximum absolute atomic E-state index is 6.11. The molecule has 0 fully saturated rings. The molecule has 4 aromatic rings. The number of aryl methyl sites for hydroxylation is 1. The summed E-state index contributed by atoms with van der Waals surface area (Å²) >= 11 is 0. The lowest BCUT2D eigenvalue weighted by molar-refractivity contribution is 1.45. The lowest BCUT2D eigenvalue weighted by Gasteiger charge is -2.14. The highest BCUT2D eigenvalue weighted by Crippen LogP contribution is 2.36. The summed E-state index contributed by atoms with van der Waals surface area (Å²) in [6, 6.07) is 31.1. The first-order chi connectivity index (χ1) is 13.1. The molecule has 0 bridgehead atoms. The largest absolute Gasteiger partial charge is 0.399 e. The summed E-state index contributed by atoms with van der Waals surface area (Å²) in [4.78, 5) is 0. The quantitative estimate of drug-likeness (QED) is 0.435. The maximum Gasteiger partial charge on any atom is 0.0320 e. The van der Waals surface area contributed by atoms with Crippen molar-refractivity contribution in [3.63, 3.8) is 0 Å². The van der Waals surface area contributed by atoms with Crippen LogP contribution in [0.3, 0.4) is 0 Å². The van der Waals surface area contributed by atoms with Crippen molar-refractivity contribution in [3.8, 4) is 33.4 Å². The SMILES string of the molecule is Cc1cc(-c2cc(N)ccc2-c2ccc(N)cc2)ccc1-c1ccccc1. The topological polar surface area (TPSA) is 52.0 Å². The minimum absolute atomic E-state index is 0.758. The summed E-state index contributed by atoms with van der Waals surface area (Å²) in [6.45, 7) is 2.15. The van der Waals surface area contributed by atoms with Gasteiger partial charge in [-0.05, 0) is 70.1 Å². The van der Waals surface area contributed by atoms with Gasteiger partial charge >= 0.3 is 0 Å². The second kappa shape index (κ2) is 7.00. The Morgan fingerprint density at radius 1 is 0.481 bits per heavy atom. The van der Waals surface area contributed by atoms with Crippen LogP contribution in [-0.2, 0) is 0 Å². The number of nitrogens with two attached hydrogens (primary N) is 2. The maximum atomic E-state index is 6.11. The van der Waals surface area contributed by atoms with Crippen LogP contribution in [0, 0.1) is 6.92 Å². The molecule has 132 valence electrons. The van der Waals surface area contributed by atoms with Crippen LogP contribution in [0.4, 0.5) is 11.4 Å². The molecule has 0 aromatic heterocycles. The van der Waals surface area contributed by atoms with Crippen molar-refractivity contribution in [2.45, 2.75) is 6.92 Å². The van der Waals surface area contributed by atoms with Crippen molar-refractivity contribution in [2.24, 2.45) is 0 Å². The Morgan fingerprint density at radius 2 is 1.07 bits per heavy atom. The van der Waals surface area contributed by atoms with Crippen LogP contribution in [0.25, 0.3) is 33.4 Å². The molecule has 0 saturated carbocycles. The number of rotatable bonds is 3. The molecular formula is C25H22N2. The van der Waals surface area contributed by atoms with E-state index >= 15 is 0 Å². The third-order valence-electron chi connectivity index (χ3n) is 4.89. The molecule has 4 rings (SSSR count). The molecule has 4 aromatic carbocycles. The molecule has 0 saturated heterocycles. The summed E-state index contributed by atoms with van der Waals surface area (Å²) in [7, 11) is 0. The van der Waals surface area contributed by atoms with Gasteiger partial charge in [0.2, 0.25) is 0 Å². The van der Waals surface area contributed by atoms with Gasteiger partial charge in [-0.1, -0.05) is 66.7 Å². The van der Waals surface area contributed by atoms with Crippen LogP contribution in [0.15, 0.2) is 91.0 Å². The van der Waals surface area contributed by atoms with Gasteiger partial charge < -0.3 is 11.5 Å². The lowest BCUT2D eigenvalue weighted by atomic mass is 9.91. The fourth-order valence-corrected chi connectivity index (χ4v) is 3.49. The number of hydrogen-bond donors (Lipinski definition) is 2. The fraction of sp³-hybridized carbons (Fsp3) is 0.0400. The predicted molar refractivity (Wildman–Crippen MR) is 116 cm³/mol. The third kappa shape index (κ3) is 3.42. The van der Waals surface area contributed by atoms with E-state index in [4.69, 9.17) is 11.5 Å². The molecule has 2 nitrogen and oxygen atoms in total. The summed E-state index contributed by atoms with van der Waals surface area (Å²) in [5.41, 5.74) is 21.8. The number of nitrogen functional groups attached to an aromatic ring is 2. The first-order valence-electron chi connectivity index (χ1n) is 9.04. The van der Waals surface area contributed by atoms with Crippen molar-refractivity contribution in [2.75, 3.05) is 11.5 Å². The molecule has 0 spiro atoms. The third-order valence-corrected chi connectivity index (χ3v) is 4.89. The van der Waals surface area contributed by atoms with Crippen molar-refractivity contribution < 1.29 is 0 Å². The Morgan fingerprint density at radius 3 is 1.78 bits per heavy atom. The van der Waals surface area contributed by atoms with Crippen molar-refractivity contribution in [1.82, 2.24) is 0 Å². The van der Waals surface area contributed by atoms with Crippen LogP contribution in [-0.4, -0.2) is 0 Å². The van der Waals surface area contributed by atoms with Gasteiger partial charge in [0.25, 0.3) is 0 Å². The van der Waals surface area contributed by atoms with Gasteiger partial charge in [0.1, 0.15) is 0 Å². The number of hydrogen-bond acceptors (Lipinski definition) is 2. The molecule has 0 aliphatic rings. The predicted octanol–water partition coefficient (Wildman–Crippen LogP) is 6.16. The summed E-state index contributed by atoms with van der Waals surface area (Å²) in [5, 5.41) is 0. The van der Waals surface area contributed by atoms with Gasteiger partial charge in [-0.15, -0.1) is 0 Å². The molecule has 0 atom stereocenters. The van der Waals surface area contributed by atoms with Gasteiger partial charge in [0.15, 0.2) is 0 Å². The average molecular weight is 350 g/mol. The van der Waals surface area contributed by atoms with E-state index < -0.39 is 0 Å². The fourth-order valence-electron chi connectivity index (χ4n) is 3.49. The van der Waals surface area contributed by atoms with Gasteiger partial charge in [0, 0.05) is 11.4 Å². The Bertz CT molecular complexity index is 1080. The van der Waals surface area contributed by atoms with Crippen LogP contribution in [0.2, 0.25) is 0 Å². The highest BCUT2D eigenvalue weighted by atomic mass is 14.5. The number of benzene rings is 4. The highest BCUT2D eigenvalue weighted by molar-refractivity contribution is 5.87. The van der Waals surface area contributed by atoms with E-state index in [0.717, 1.165) is 33.6 Å². The second-order valence-corrected chi connectivity index (χ2v) is 6.82. The van der Waals surface area contributed by atoms with Gasteiger partial charge in [-0.2, -0.15) is 0 Å². The number of anilines is 2. The Balaban J connectivity index is 1.83. The van der Waals surface area contributed by atoms with E-state index in [-0.39, 0.29) is 0 Å². The average Bonchev–Trinajstić information content (AvgIpc) is 2.69. The smallest absolute Gasteiger partial charge is 0.0320 e. The molecule has 2 heteroatoms. The first kappa shape index (κ1) is 16.9.